The third-order valence-electron chi connectivity index (χ3n) is 5.07. The number of cyclic esters (lactones) is 1. The molecule has 8 nitrogen and oxygen atoms in total. The summed E-state index contributed by atoms with van der Waals surface area (Å²) in [4.78, 5) is 24.2. The topological polar surface area (TPSA) is 103 Å². The van der Waals surface area contributed by atoms with Crippen LogP contribution in [0.3, 0.4) is 0 Å². The Labute approximate surface area is 191 Å². The predicted octanol–water partition coefficient (Wildman–Crippen LogP) is 4.92. The number of carbonyl (C=O) groups is 1. The lowest BCUT2D eigenvalue weighted by Crippen LogP contribution is -2.31. The van der Waals surface area contributed by atoms with Gasteiger partial charge in [-0.05, 0) is 24.3 Å². The van der Waals surface area contributed by atoms with Gasteiger partial charge in [0.25, 0.3) is 0 Å². The quantitative estimate of drug-likeness (QED) is 0.498. The van der Waals surface area contributed by atoms with E-state index >= 15 is 0 Å². The molecule has 1 saturated heterocycles. The zero-order chi connectivity index (χ0) is 23.7. The molecular formula is C23H35N5O3S. The molecule has 4 rings (SSSR count). The third kappa shape index (κ3) is 5.52. The first-order chi connectivity index (χ1) is 15.4. The number of nitrogens with zero attached hydrogens (tertiary/aromatic N) is 3. The Morgan fingerprint density at radius 2 is 1.91 bits per heavy atom. The van der Waals surface area contributed by atoms with Crippen LogP contribution in [-0.4, -0.2) is 57.3 Å². The standard InChI is InChI=1S/C13H19N5O2S.C8H10O.C2H6/c1-8(2)21(4)7-20-13(19)18(21)11-9-5-6-15-10(9)16-12(14-3)17-11;9-7-6-8-4-2-1-3-5-8;1-2/h5-6,8H,7H2,1-4H3,(H2,14,15,16,17);1-5,9H,6-7H2;1-2H3. The van der Waals surface area contributed by atoms with E-state index in [2.05, 4.69) is 40.4 Å². The van der Waals surface area contributed by atoms with Crippen molar-refractivity contribution < 1.29 is 14.6 Å². The van der Waals surface area contributed by atoms with Crippen molar-refractivity contribution in [1.82, 2.24) is 15.0 Å². The number of fused-ring (bicyclic) bond motifs is 1. The second kappa shape index (κ2) is 11.7. The highest BCUT2D eigenvalue weighted by molar-refractivity contribution is 8.35. The third-order valence-corrected chi connectivity index (χ3v) is 8.86. The maximum atomic E-state index is 12.3. The minimum atomic E-state index is -1.43. The number of aromatic nitrogens is 3. The van der Waals surface area contributed by atoms with Gasteiger partial charge in [-0.1, -0.05) is 58.0 Å². The van der Waals surface area contributed by atoms with Gasteiger partial charge in [0.2, 0.25) is 5.95 Å². The fourth-order valence-corrected chi connectivity index (χ4v) is 5.11. The summed E-state index contributed by atoms with van der Waals surface area (Å²) in [6.07, 6.45) is 4.33. The van der Waals surface area contributed by atoms with Crippen molar-refractivity contribution in [3.05, 3.63) is 48.2 Å². The first kappa shape index (κ1) is 25.5. The molecule has 9 heteroatoms. The maximum absolute atomic E-state index is 12.3. The van der Waals surface area contributed by atoms with Gasteiger partial charge in [0.15, 0.2) is 5.82 Å². The number of aromatic amines is 1. The monoisotopic (exact) mass is 461 g/mol. The van der Waals surface area contributed by atoms with Gasteiger partial charge in [0, 0.05) is 25.1 Å². The van der Waals surface area contributed by atoms with Crippen LogP contribution in [0.15, 0.2) is 42.6 Å². The van der Waals surface area contributed by atoms with E-state index in [-0.39, 0.29) is 12.7 Å². The molecule has 2 aromatic heterocycles. The predicted molar refractivity (Wildman–Crippen MR) is 134 cm³/mol. The number of benzene rings is 1. The molecule has 1 aliphatic heterocycles. The van der Waals surface area contributed by atoms with Gasteiger partial charge in [-0.25, -0.2) is 9.10 Å². The molecular weight excluding hydrogens is 426 g/mol. The van der Waals surface area contributed by atoms with E-state index in [0.29, 0.717) is 28.6 Å². The number of anilines is 2. The Morgan fingerprint density at radius 3 is 2.50 bits per heavy atom. The summed E-state index contributed by atoms with van der Waals surface area (Å²) in [5.74, 6) is 1.53. The van der Waals surface area contributed by atoms with E-state index in [0.717, 1.165) is 11.8 Å². The summed E-state index contributed by atoms with van der Waals surface area (Å²) < 4.78 is 7.06. The fourth-order valence-electron chi connectivity index (χ4n) is 3.05. The highest BCUT2D eigenvalue weighted by Gasteiger charge is 2.44. The molecule has 1 fully saturated rings. The Kier molecular flexibility index (Phi) is 9.34. The van der Waals surface area contributed by atoms with Crippen LogP contribution < -0.4 is 9.62 Å². The number of hydrogen-bond donors (Lipinski definition) is 3. The van der Waals surface area contributed by atoms with E-state index in [1.54, 1.807) is 17.5 Å². The molecule has 1 aliphatic rings. The van der Waals surface area contributed by atoms with Crippen LogP contribution in [0.1, 0.15) is 33.3 Å². The molecule has 0 aliphatic carbocycles. The molecule has 0 radical (unpaired) electrons. The van der Waals surface area contributed by atoms with Gasteiger partial charge in [-0.2, -0.15) is 9.97 Å². The molecule has 1 aromatic carbocycles. The number of amides is 1. The lowest BCUT2D eigenvalue weighted by atomic mass is 10.2. The Balaban J connectivity index is 0.000000277. The molecule has 0 saturated carbocycles. The summed E-state index contributed by atoms with van der Waals surface area (Å²) in [5, 5.41) is 12.6. The number of aliphatic hydroxyl groups is 1. The molecule has 0 spiro atoms. The Hall–Kier alpha value is -2.78. The Morgan fingerprint density at radius 1 is 1.22 bits per heavy atom. The van der Waals surface area contributed by atoms with Crippen LogP contribution in [0, 0.1) is 0 Å². The summed E-state index contributed by atoms with van der Waals surface area (Å²) >= 11 is 0. The maximum Gasteiger partial charge on any atom is 0.425 e. The van der Waals surface area contributed by atoms with Crippen molar-refractivity contribution in [3.8, 4) is 0 Å². The fraction of sp³-hybridized carbons (Fsp3) is 0.435. The van der Waals surface area contributed by atoms with Crippen molar-refractivity contribution in [1.29, 1.82) is 0 Å². The molecule has 3 aromatic rings. The van der Waals surface area contributed by atoms with E-state index in [9.17, 15) is 4.79 Å². The normalized spacial score (nSPS) is 19.4. The summed E-state index contributed by atoms with van der Waals surface area (Å²) in [7, 11) is 0.327. The Bertz CT molecular complexity index is 996. The molecule has 1 unspecified atom stereocenters. The lowest BCUT2D eigenvalue weighted by Gasteiger charge is -2.40. The van der Waals surface area contributed by atoms with Crippen LogP contribution in [0.5, 0.6) is 0 Å². The van der Waals surface area contributed by atoms with Crippen LogP contribution in [0.4, 0.5) is 16.6 Å². The number of carbonyl (C=O) groups excluding carboxylic acids is 1. The van der Waals surface area contributed by atoms with E-state index < -0.39 is 10.2 Å². The zero-order valence-electron chi connectivity index (χ0n) is 19.8. The van der Waals surface area contributed by atoms with Crippen molar-refractivity contribution >= 4 is 39.1 Å². The van der Waals surface area contributed by atoms with Crippen molar-refractivity contribution in [2.24, 2.45) is 0 Å². The van der Waals surface area contributed by atoms with Gasteiger partial charge in [-0.15, -0.1) is 10.2 Å². The first-order valence-corrected chi connectivity index (χ1v) is 13.0. The van der Waals surface area contributed by atoms with E-state index in [4.69, 9.17) is 9.84 Å². The van der Waals surface area contributed by atoms with Crippen LogP contribution in [0.2, 0.25) is 0 Å². The second-order valence-corrected chi connectivity index (χ2v) is 11.1. The molecule has 3 heterocycles. The summed E-state index contributed by atoms with van der Waals surface area (Å²) in [6, 6.07) is 11.8. The lowest BCUT2D eigenvalue weighted by molar-refractivity contribution is 0.184. The van der Waals surface area contributed by atoms with Crippen LogP contribution in [0.25, 0.3) is 11.0 Å². The van der Waals surface area contributed by atoms with E-state index in [1.807, 2.05) is 50.2 Å². The molecule has 176 valence electrons. The SMILES string of the molecule is CC.CNc1nc(N2C(=O)OCS2(C)C(C)C)c2cc[nH]c2n1.OCCc1ccccc1. The van der Waals surface area contributed by atoms with Crippen molar-refractivity contribution in [2.45, 2.75) is 39.4 Å². The number of nitrogens with one attached hydrogen (secondary N) is 2. The van der Waals surface area contributed by atoms with Crippen LogP contribution in [-0.2, 0) is 11.2 Å². The highest BCUT2D eigenvalue weighted by Crippen LogP contribution is 2.58. The smallest absolute Gasteiger partial charge is 0.425 e. The van der Waals surface area contributed by atoms with E-state index in [1.165, 1.54) is 5.56 Å². The highest BCUT2D eigenvalue weighted by atomic mass is 32.3. The average Bonchev–Trinajstić information content (AvgIpc) is 3.41. The molecule has 1 atom stereocenters. The number of hydrogen-bond acceptors (Lipinski definition) is 6. The van der Waals surface area contributed by atoms with Gasteiger partial charge < -0.3 is 20.1 Å². The average molecular weight is 462 g/mol. The van der Waals surface area contributed by atoms with Gasteiger partial charge in [0.1, 0.15) is 11.6 Å². The first-order valence-electron chi connectivity index (χ1n) is 10.8. The van der Waals surface area contributed by atoms with Gasteiger partial charge >= 0.3 is 6.09 Å². The van der Waals surface area contributed by atoms with Crippen molar-refractivity contribution in [3.63, 3.8) is 0 Å². The minimum Gasteiger partial charge on any atom is -0.437 e. The summed E-state index contributed by atoms with van der Waals surface area (Å²) in [5.41, 5.74) is 1.90. The zero-order valence-corrected chi connectivity index (χ0v) is 20.6. The molecule has 32 heavy (non-hydrogen) atoms. The van der Waals surface area contributed by atoms with Gasteiger partial charge in [-0.3, -0.25) is 0 Å². The van der Waals surface area contributed by atoms with Crippen molar-refractivity contribution in [2.75, 3.05) is 35.5 Å². The molecule has 3 N–H and O–H groups in total. The molecule has 1 amide bonds. The van der Waals surface area contributed by atoms with Gasteiger partial charge in [0.05, 0.1) is 5.39 Å². The number of aliphatic hydroxyl groups excluding tert-OH is 1. The number of H-pyrrole nitrogens is 1. The number of ether oxygens (including phenoxy) is 1. The summed E-state index contributed by atoms with van der Waals surface area (Å²) in [6.45, 7) is 8.46. The minimum absolute atomic E-state index is 0.240. The second-order valence-electron chi connectivity index (χ2n) is 7.30. The molecule has 0 bridgehead atoms. The van der Waals surface area contributed by atoms with Crippen LogP contribution >= 0.6 is 10.2 Å². The largest absolute Gasteiger partial charge is 0.437 e. The number of rotatable bonds is 5.